The van der Waals surface area contributed by atoms with Crippen LogP contribution in [0.25, 0.3) is 0 Å². The summed E-state index contributed by atoms with van der Waals surface area (Å²) in [6.07, 6.45) is 3.92. The molecule has 0 saturated carbocycles. The second kappa shape index (κ2) is 8.80. The number of hydrogen-bond acceptors (Lipinski definition) is 3. The Labute approximate surface area is 139 Å². The maximum Gasteiger partial charge on any atom is 0.339 e. The minimum atomic E-state index is -0.970. The minimum absolute atomic E-state index is 0.201. The van der Waals surface area contributed by atoms with Crippen LogP contribution in [0, 0.1) is 0 Å². The van der Waals surface area contributed by atoms with Crippen molar-refractivity contribution in [2.24, 2.45) is 0 Å². The molecule has 0 aliphatic rings. The Kier molecular flexibility index (Phi) is 7.40. The molecule has 0 aromatic heterocycles. The number of rotatable bonds is 9. The van der Waals surface area contributed by atoms with Crippen LogP contribution < -0.4 is 9.47 Å². The summed E-state index contributed by atoms with van der Waals surface area (Å²) in [5.74, 6) is 0.148. The number of aromatic carboxylic acids is 1. The van der Waals surface area contributed by atoms with E-state index in [0.29, 0.717) is 19.0 Å². The molecule has 4 nitrogen and oxygen atoms in total. The van der Waals surface area contributed by atoms with E-state index in [1.54, 1.807) is 12.1 Å². The predicted octanol–water partition coefficient (Wildman–Crippen LogP) is 5.04. The van der Waals surface area contributed by atoms with Crippen LogP contribution in [0.2, 0.25) is 0 Å². The van der Waals surface area contributed by atoms with Gasteiger partial charge in [0, 0.05) is 11.6 Å². The number of hydrogen-bond donors (Lipinski definition) is 1. The molecule has 0 aliphatic heterocycles. The molecule has 1 rings (SSSR count). The first kappa shape index (κ1) is 19.3. The standard InChI is InChI=1S/C19H30O4/c1-6-8-10-22-16-13-17(23-11-9-7-2)15(19(3,4)5)12-14(16)18(20)21/h12-13H,6-11H2,1-5H3,(H,20,21). The summed E-state index contributed by atoms with van der Waals surface area (Å²) < 4.78 is 11.6. The van der Waals surface area contributed by atoms with Crippen LogP contribution in [0.5, 0.6) is 11.5 Å². The van der Waals surface area contributed by atoms with Crippen LogP contribution in [0.1, 0.15) is 76.2 Å². The first-order valence-electron chi connectivity index (χ1n) is 8.48. The van der Waals surface area contributed by atoms with Gasteiger partial charge < -0.3 is 14.6 Å². The first-order chi connectivity index (χ1) is 10.8. The van der Waals surface area contributed by atoms with Crippen LogP contribution in [0.3, 0.4) is 0 Å². The summed E-state index contributed by atoms with van der Waals surface area (Å²) in [6, 6.07) is 3.44. The number of unbranched alkanes of at least 4 members (excludes halogenated alkanes) is 2. The molecule has 1 N–H and O–H groups in total. The number of carbonyl (C=O) groups is 1. The summed E-state index contributed by atoms with van der Waals surface area (Å²) >= 11 is 0. The van der Waals surface area contributed by atoms with Gasteiger partial charge in [-0.1, -0.05) is 47.5 Å². The smallest absolute Gasteiger partial charge is 0.339 e. The molecule has 0 amide bonds. The Morgan fingerprint density at radius 3 is 1.96 bits per heavy atom. The second-order valence-electron chi connectivity index (χ2n) is 6.80. The summed E-state index contributed by atoms with van der Waals surface area (Å²) in [5, 5.41) is 9.50. The van der Waals surface area contributed by atoms with Crippen molar-refractivity contribution >= 4 is 5.97 Å². The molecule has 0 unspecified atom stereocenters. The van der Waals surface area contributed by atoms with E-state index in [1.165, 1.54) is 0 Å². The summed E-state index contributed by atoms with van der Waals surface area (Å²) in [5.41, 5.74) is 0.899. The van der Waals surface area contributed by atoms with E-state index in [9.17, 15) is 9.90 Å². The number of ether oxygens (including phenoxy) is 2. The van der Waals surface area contributed by atoms with Crippen LogP contribution in [0.15, 0.2) is 12.1 Å². The van der Waals surface area contributed by atoms with Crippen LogP contribution in [0.4, 0.5) is 0 Å². The maximum atomic E-state index is 11.6. The SMILES string of the molecule is CCCCOc1cc(OCCCC)c(C(C)(C)C)cc1C(=O)O. The van der Waals surface area contributed by atoms with E-state index < -0.39 is 5.97 Å². The van der Waals surface area contributed by atoms with Gasteiger partial charge in [-0.25, -0.2) is 4.79 Å². The van der Waals surface area contributed by atoms with Crippen molar-refractivity contribution in [1.82, 2.24) is 0 Å². The highest BCUT2D eigenvalue weighted by Crippen LogP contribution is 2.37. The molecule has 0 bridgehead atoms. The van der Waals surface area contributed by atoms with Gasteiger partial charge in [0.1, 0.15) is 17.1 Å². The molecule has 4 heteroatoms. The molecule has 0 fully saturated rings. The van der Waals surface area contributed by atoms with Gasteiger partial charge in [-0.3, -0.25) is 0 Å². The maximum absolute atomic E-state index is 11.6. The molecule has 23 heavy (non-hydrogen) atoms. The van der Waals surface area contributed by atoms with Gasteiger partial charge in [0.15, 0.2) is 0 Å². The fraction of sp³-hybridized carbons (Fsp3) is 0.632. The molecule has 0 heterocycles. The zero-order valence-electron chi connectivity index (χ0n) is 15.1. The molecule has 130 valence electrons. The Morgan fingerprint density at radius 1 is 1.00 bits per heavy atom. The van der Waals surface area contributed by atoms with E-state index in [2.05, 4.69) is 34.6 Å². The molecule has 0 atom stereocenters. The molecule has 0 aliphatic carbocycles. The van der Waals surface area contributed by atoms with E-state index >= 15 is 0 Å². The lowest BCUT2D eigenvalue weighted by Gasteiger charge is -2.24. The summed E-state index contributed by atoms with van der Waals surface area (Å²) in [4.78, 5) is 11.6. The van der Waals surface area contributed by atoms with Crippen molar-refractivity contribution in [2.45, 2.75) is 65.7 Å². The quantitative estimate of drug-likeness (QED) is 0.647. The summed E-state index contributed by atoms with van der Waals surface area (Å²) in [6.45, 7) is 11.5. The lowest BCUT2D eigenvalue weighted by molar-refractivity contribution is 0.0692. The molecule has 1 aromatic rings. The first-order valence-corrected chi connectivity index (χ1v) is 8.48. The van der Waals surface area contributed by atoms with Crippen LogP contribution in [-0.2, 0) is 5.41 Å². The third kappa shape index (κ3) is 5.77. The topological polar surface area (TPSA) is 55.8 Å². The largest absolute Gasteiger partial charge is 0.493 e. The van der Waals surface area contributed by atoms with Crippen molar-refractivity contribution in [3.63, 3.8) is 0 Å². The van der Waals surface area contributed by atoms with E-state index in [0.717, 1.165) is 37.0 Å². The zero-order valence-corrected chi connectivity index (χ0v) is 15.1. The van der Waals surface area contributed by atoms with Crippen molar-refractivity contribution in [1.29, 1.82) is 0 Å². The highest BCUT2D eigenvalue weighted by Gasteiger charge is 2.24. The molecule has 0 saturated heterocycles. The van der Waals surface area contributed by atoms with Gasteiger partial charge in [0.05, 0.1) is 13.2 Å². The van der Waals surface area contributed by atoms with Crippen LogP contribution >= 0.6 is 0 Å². The number of benzene rings is 1. The molecule has 0 radical (unpaired) electrons. The molecule has 0 spiro atoms. The van der Waals surface area contributed by atoms with E-state index in [-0.39, 0.29) is 11.0 Å². The van der Waals surface area contributed by atoms with Gasteiger partial charge in [-0.2, -0.15) is 0 Å². The summed E-state index contributed by atoms with van der Waals surface area (Å²) in [7, 11) is 0. The molecule has 1 aromatic carbocycles. The van der Waals surface area contributed by atoms with Gasteiger partial charge >= 0.3 is 5.97 Å². The lowest BCUT2D eigenvalue weighted by atomic mass is 9.85. The monoisotopic (exact) mass is 322 g/mol. The Balaban J connectivity index is 3.22. The Hall–Kier alpha value is -1.71. The molecular weight excluding hydrogens is 292 g/mol. The van der Waals surface area contributed by atoms with Crippen molar-refractivity contribution in [3.05, 3.63) is 23.3 Å². The van der Waals surface area contributed by atoms with Crippen LogP contribution in [-0.4, -0.2) is 24.3 Å². The average molecular weight is 322 g/mol. The zero-order chi connectivity index (χ0) is 17.5. The number of carboxylic acids is 1. The van der Waals surface area contributed by atoms with Gasteiger partial charge in [-0.05, 0) is 24.3 Å². The van der Waals surface area contributed by atoms with Gasteiger partial charge in [0.2, 0.25) is 0 Å². The van der Waals surface area contributed by atoms with E-state index in [1.807, 2.05) is 0 Å². The van der Waals surface area contributed by atoms with Crippen molar-refractivity contribution in [3.8, 4) is 11.5 Å². The predicted molar refractivity (Wildman–Crippen MR) is 92.9 cm³/mol. The highest BCUT2D eigenvalue weighted by molar-refractivity contribution is 5.91. The van der Waals surface area contributed by atoms with Gasteiger partial charge in [0.25, 0.3) is 0 Å². The minimum Gasteiger partial charge on any atom is -0.493 e. The normalized spacial score (nSPS) is 11.3. The fourth-order valence-corrected chi connectivity index (χ4v) is 2.21. The second-order valence-corrected chi connectivity index (χ2v) is 6.80. The highest BCUT2D eigenvalue weighted by atomic mass is 16.5. The van der Waals surface area contributed by atoms with Gasteiger partial charge in [-0.15, -0.1) is 0 Å². The Bertz CT molecular complexity index is 515. The third-order valence-corrected chi connectivity index (χ3v) is 3.63. The fourth-order valence-electron chi connectivity index (χ4n) is 2.21. The average Bonchev–Trinajstić information content (AvgIpc) is 2.46. The Morgan fingerprint density at radius 2 is 1.52 bits per heavy atom. The lowest BCUT2D eigenvalue weighted by Crippen LogP contribution is -2.16. The van der Waals surface area contributed by atoms with Crippen molar-refractivity contribution < 1.29 is 19.4 Å². The number of carboxylic acid groups (broad SMARTS) is 1. The van der Waals surface area contributed by atoms with E-state index in [4.69, 9.17) is 9.47 Å². The third-order valence-electron chi connectivity index (χ3n) is 3.63. The molecular formula is C19H30O4. The van der Waals surface area contributed by atoms with Crippen molar-refractivity contribution in [2.75, 3.05) is 13.2 Å².